The van der Waals surface area contributed by atoms with E-state index < -0.39 is 0 Å². The van der Waals surface area contributed by atoms with Gasteiger partial charge in [0, 0.05) is 6.42 Å². The van der Waals surface area contributed by atoms with Crippen molar-refractivity contribution in [2.75, 3.05) is 12.0 Å². The lowest BCUT2D eigenvalue weighted by molar-refractivity contribution is -0.137. The Bertz CT molecular complexity index is 551. The van der Waals surface area contributed by atoms with E-state index in [9.17, 15) is 4.79 Å². The molecule has 22 heavy (non-hydrogen) atoms. The van der Waals surface area contributed by atoms with Gasteiger partial charge in [0.05, 0.1) is 12.3 Å². The minimum Gasteiger partial charge on any atom is -0.461 e. The highest BCUT2D eigenvalue weighted by atomic mass is 16.5. The van der Waals surface area contributed by atoms with Crippen molar-refractivity contribution in [1.82, 2.24) is 0 Å². The van der Waals surface area contributed by atoms with Crippen LogP contribution in [-0.2, 0) is 9.53 Å². The maximum Gasteiger partial charge on any atom is 0.354 e. The predicted octanol–water partition coefficient (Wildman–Crippen LogP) is 4.09. The summed E-state index contributed by atoms with van der Waals surface area (Å²) in [5.74, 6) is 1.23. The number of hydrogen-bond acceptors (Lipinski definition) is 4. The zero-order chi connectivity index (χ0) is 15.4. The second-order valence-electron chi connectivity index (χ2n) is 6.50. The van der Waals surface area contributed by atoms with Gasteiger partial charge < -0.3 is 4.74 Å². The molecule has 2 unspecified atom stereocenters. The Morgan fingerprint density at radius 3 is 2.73 bits per heavy atom. The van der Waals surface area contributed by atoms with Crippen LogP contribution in [0.2, 0.25) is 0 Å². The Labute approximate surface area is 131 Å². The number of rotatable bonds is 3. The van der Waals surface area contributed by atoms with Gasteiger partial charge in [-0.3, -0.25) is 5.43 Å². The molecule has 2 aliphatic rings. The van der Waals surface area contributed by atoms with Crippen LogP contribution in [0.5, 0.6) is 0 Å². The van der Waals surface area contributed by atoms with Gasteiger partial charge >= 0.3 is 5.97 Å². The molecule has 0 radical (unpaired) electrons. The van der Waals surface area contributed by atoms with Crippen LogP contribution in [0.4, 0.5) is 5.69 Å². The van der Waals surface area contributed by atoms with E-state index in [2.05, 4.69) is 29.6 Å². The summed E-state index contributed by atoms with van der Waals surface area (Å²) in [5.41, 5.74) is 5.79. The third-order valence-electron chi connectivity index (χ3n) is 4.67. The molecule has 0 amide bonds. The number of ether oxygens (including phenoxy) is 1. The molecule has 1 aromatic carbocycles. The molecule has 2 fully saturated rings. The van der Waals surface area contributed by atoms with Gasteiger partial charge in [-0.05, 0) is 48.8 Å². The first-order chi connectivity index (χ1) is 10.7. The average molecular weight is 300 g/mol. The highest BCUT2D eigenvalue weighted by Gasteiger charge is 2.20. The summed E-state index contributed by atoms with van der Waals surface area (Å²) < 4.78 is 4.98. The summed E-state index contributed by atoms with van der Waals surface area (Å²) in [4.78, 5) is 11.5. The molecule has 1 saturated carbocycles. The summed E-state index contributed by atoms with van der Waals surface area (Å²) in [6.07, 6.45) is 6.83. The third-order valence-corrected chi connectivity index (χ3v) is 4.67. The lowest BCUT2D eigenvalue weighted by atomic mass is 9.79. The first-order valence-electron chi connectivity index (χ1n) is 8.32. The normalized spacial score (nSPS) is 27.5. The maximum atomic E-state index is 11.5. The Morgan fingerprint density at radius 2 is 2.00 bits per heavy atom. The Balaban J connectivity index is 1.61. The molecule has 4 nitrogen and oxygen atoms in total. The number of hydrogen-bond donors (Lipinski definition) is 1. The van der Waals surface area contributed by atoms with Gasteiger partial charge in [-0.2, -0.15) is 5.10 Å². The fourth-order valence-corrected chi connectivity index (χ4v) is 3.39. The highest BCUT2D eigenvalue weighted by molar-refractivity contribution is 6.36. The zero-order valence-electron chi connectivity index (χ0n) is 13.2. The molecule has 1 aromatic rings. The van der Waals surface area contributed by atoms with Gasteiger partial charge in [-0.15, -0.1) is 0 Å². The molecular formula is C18H24N2O2. The van der Waals surface area contributed by atoms with Crippen molar-refractivity contribution in [3.05, 3.63) is 29.8 Å². The molecule has 0 aromatic heterocycles. The molecule has 2 atom stereocenters. The van der Waals surface area contributed by atoms with E-state index in [4.69, 9.17) is 4.74 Å². The third kappa shape index (κ3) is 3.67. The summed E-state index contributed by atoms with van der Waals surface area (Å²) in [6.45, 7) is 2.85. The number of nitrogens with one attached hydrogen (secondary N) is 1. The number of anilines is 1. The number of cyclic esters (lactones) is 1. The Hall–Kier alpha value is -1.84. The maximum absolute atomic E-state index is 11.5. The van der Waals surface area contributed by atoms with Gasteiger partial charge in [0.1, 0.15) is 5.71 Å². The molecule has 1 heterocycles. The predicted molar refractivity (Wildman–Crippen MR) is 88.1 cm³/mol. The minimum atomic E-state index is -0.299. The van der Waals surface area contributed by atoms with Crippen molar-refractivity contribution in [3.8, 4) is 0 Å². The summed E-state index contributed by atoms with van der Waals surface area (Å²) in [5, 5.41) is 4.18. The SMILES string of the molecule is CC1CCCC(c2ccc(NN=C3CCCOC3=O)cc2)C1. The van der Waals surface area contributed by atoms with Gasteiger partial charge in [-0.1, -0.05) is 31.9 Å². The summed E-state index contributed by atoms with van der Waals surface area (Å²) in [7, 11) is 0. The van der Waals surface area contributed by atoms with Crippen LogP contribution < -0.4 is 5.43 Å². The van der Waals surface area contributed by atoms with Crippen molar-refractivity contribution >= 4 is 17.4 Å². The van der Waals surface area contributed by atoms with E-state index in [1.807, 2.05) is 12.1 Å². The fourth-order valence-electron chi connectivity index (χ4n) is 3.39. The van der Waals surface area contributed by atoms with Crippen LogP contribution in [0.25, 0.3) is 0 Å². The van der Waals surface area contributed by atoms with Gasteiger partial charge in [0.15, 0.2) is 0 Å². The van der Waals surface area contributed by atoms with Crippen LogP contribution >= 0.6 is 0 Å². The van der Waals surface area contributed by atoms with E-state index in [0.29, 0.717) is 24.7 Å². The quantitative estimate of drug-likeness (QED) is 0.676. The van der Waals surface area contributed by atoms with E-state index in [1.165, 1.54) is 31.2 Å². The lowest BCUT2D eigenvalue weighted by Gasteiger charge is -2.27. The second-order valence-corrected chi connectivity index (χ2v) is 6.50. The zero-order valence-corrected chi connectivity index (χ0v) is 13.2. The number of nitrogens with zero attached hydrogens (tertiary/aromatic N) is 1. The number of benzene rings is 1. The molecule has 4 heteroatoms. The molecular weight excluding hydrogens is 276 g/mol. The molecule has 1 N–H and O–H groups in total. The van der Waals surface area contributed by atoms with E-state index >= 15 is 0 Å². The van der Waals surface area contributed by atoms with Gasteiger partial charge in [0.2, 0.25) is 0 Å². The first kappa shape index (κ1) is 15.1. The molecule has 0 spiro atoms. The topological polar surface area (TPSA) is 50.7 Å². The molecule has 0 bridgehead atoms. The molecule has 118 valence electrons. The van der Waals surface area contributed by atoms with Crippen LogP contribution in [-0.4, -0.2) is 18.3 Å². The van der Waals surface area contributed by atoms with Gasteiger partial charge in [-0.25, -0.2) is 4.79 Å². The van der Waals surface area contributed by atoms with Crippen LogP contribution in [0, 0.1) is 5.92 Å². The molecule has 1 aliphatic heterocycles. The number of carbonyl (C=O) groups is 1. The largest absolute Gasteiger partial charge is 0.461 e. The highest BCUT2D eigenvalue weighted by Crippen LogP contribution is 2.36. The number of esters is 1. The smallest absolute Gasteiger partial charge is 0.354 e. The van der Waals surface area contributed by atoms with E-state index in [0.717, 1.165) is 18.0 Å². The van der Waals surface area contributed by atoms with Crippen molar-refractivity contribution in [3.63, 3.8) is 0 Å². The van der Waals surface area contributed by atoms with Crippen molar-refractivity contribution in [2.45, 2.75) is 51.4 Å². The van der Waals surface area contributed by atoms with Gasteiger partial charge in [0.25, 0.3) is 0 Å². The van der Waals surface area contributed by atoms with Crippen molar-refractivity contribution < 1.29 is 9.53 Å². The van der Waals surface area contributed by atoms with Crippen molar-refractivity contribution in [2.24, 2.45) is 11.0 Å². The summed E-state index contributed by atoms with van der Waals surface area (Å²) >= 11 is 0. The molecule has 1 saturated heterocycles. The lowest BCUT2D eigenvalue weighted by Crippen LogP contribution is -2.24. The minimum absolute atomic E-state index is 0.299. The van der Waals surface area contributed by atoms with E-state index in [1.54, 1.807) is 0 Å². The summed E-state index contributed by atoms with van der Waals surface area (Å²) in [6, 6.07) is 8.47. The Kier molecular flexibility index (Phi) is 4.76. The fraction of sp³-hybridized carbons (Fsp3) is 0.556. The second kappa shape index (κ2) is 6.95. The van der Waals surface area contributed by atoms with Crippen LogP contribution in [0.3, 0.4) is 0 Å². The number of hydrazone groups is 1. The average Bonchev–Trinajstić information content (AvgIpc) is 2.55. The van der Waals surface area contributed by atoms with Crippen molar-refractivity contribution in [1.29, 1.82) is 0 Å². The monoisotopic (exact) mass is 300 g/mol. The van der Waals surface area contributed by atoms with E-state index in [-0.39, 0.29) is 5.97 Å². The molecule has 3 rings (SSSR count). The standard InChI is InChI=1S/C18H24N2O2/c1-13-4-2-5-15(12-13)14-7-9-16(10-8-14)19-20-17-6-3-11-22-18(17)21/h7-10,13,15,19H,2-6,11-12H2,1H3. The number of carbonyl (C=O) groups excluding carboxylic acids is 1. The van der Waals surface area contributed by atoms with Crippen LogP contribution in [0.15, 0.2) is 29.4 Å². The Morgan fingerprint density at radius 1 is 1.18 bits per heavy atom. The van der Waals surface area contributed by atoms with Crippen LogP contribution in [0.1, 0.15) is 56.9 Å². The molecule has 1 aliphatic carbocycles. The first-order valence-corrected chi connectivity index (χ1v) is 8.32.